The van der Waals surface area contributed by atoms with Crippen molar-refractivity contribution in [1.29, 1.82) is 0 Å². The standard InChI is InChI=1S/2C19H19.C2H7Si.2ClH.Hf/c2*1-13(2)16-11-15-8-6-10-18(19(15)12-16)17-9-5-4-7-14(17)3;1-3-2;;;/h2*4-13H,1-3H3;3H,1-2H3;2*1H;/q;;;;;+2/p-2. The van der Waals surface area contributed by atoms with Gasteiger partial charge in [0.25, 0.3) is 0 Å². The van der Waals surface area contributed by atoms with E-state index in [9.17, 15) is 0 Å². The Bertz CT molecular complexity index is 1700. The van der Waals surface area contributed by atoms with Gasteiger partial charge in [-0.25, -0.2) is 0 Å². The zero-order valence-corrected chi connectivity index (χ0v) is 33.6. The average molecular weight is 803 g/mol. The molecule has 44 heavy (non-hydrogen) atoms. The van der Waals surface area contributed by atoms with E-state index in [0.29, 0.717) is 11.8 Å². The quantitative estimate of drug-likeness (QED) is 0.163. The van der Waals surface area contributed by atoms with Gasteiger partial charge in [0.2, 0.25) is 0 Å². The van der Waals surface area contributed by atoms with E-state index in [0.717, 1.165) is 0 Å². The first kappa shape index (κ1) is 32.0. The summed E-state index contributed by atoms with van der Waals surface area (Å²) in [6, 6.07) is 31.3. The van der Waals surface area contributed by atoms with Crippen molar-refractivity contribution in [2.24, 2.45) is 11.8 Å². The van der Waals surface area contributed by atoms with Gasteiger partial charge in [-0.1, -0.05) is 0 Å². The van der Waals surface area contributed by atoms with Gasteiger partial charge in [-0.15, -0.1) is 0 Å². The Morgan fingerprint density at radius 2 is 0.909 bits per heavy atom. The van der Waals surface area contributed by atoms with Crippen LogP contribution in [0.5, 0.6) is 0 Å². The number of fused-ring (bicyclic) bond motifs is 2. The number of hydrogen-bond donors (Lipinski definition) is 0. The van der Waals surface area contributed by atoms with Crippen LogP contribution < -0.4 is 0 Å². The summed E-state index contributed by atoms with van der Waals surface area (Å²) in [6.45, 7) is 18.7. The van der Waals surface area contributed by atoms with E-state index in [2.05, 4.69) is 152 Å². The van der Waals surface area contributed by atoms with Crippen LogP contribution in [0.15, 0.2) is 96.1 Å². The van der Waals surface area contributed by atoms with Crippen molar-refractivity contribution in [2.45, 2.75) is 62.0 Å². The van der Waals surface area contributed by atoms with Crippen LogP contribution in [0.4, 0.5) is 0 Å². The molecule has 0 fully saturated rings. The van der Waals surface area contributed by atoms with Crippen molar-refractivity contribution >= 4 is 35.3 Å². The normalized spacial score (nSPS) is 18.7. The summed E-state index contributed by atoms with van der Waals surface area (Å²) in [7, 11) is 17.4. The molecule has 227 valence electrons. The molecular weight excluding hydrogens is 758 g/mol. The maximum atomic E-state index is 8.70. The minimum absolute atomic E-state index is 0.0983. The van der Waals surface area contributed by atoms with Crippen molar-refractivity contribution < 1.29 is 15.3 Å². The molecule has 0 nitrogen and oxygen atoms in total. The molecule has 0 aliphatic heterocycles. The third-order valence-electron chi connectivity index (χ3n) is 10.6. The molecule has 0 saturated carbocycles. The second-order valence-corrected chi connectivity index (χ2v) is 73.4. The first-order valence-corrected chi connectivity index (χ1v) is 38.4. The summed E-state index contributed by atoms with van der Waals surface area (Å²) < 4.78 is 0.197. The number of halogens is 2. The molecule has 0 N–H and O–H groups in total. The Morgan fingerprint density at radius 1 is 0.545 bits per heavy atom. The predicted octanol–water partition coefficient (Wildman–Crippen LogP) is 12.5. The van der Waals surface area contributed by atoms with Crippen LogP contribution in [0.2, 0.25) is 13.1 Å². The first-order valence-electron chi connectivity index (χ1n) is 16.2. The molecule has 4 heteroatoms. The summed E-state index contributed by atoms with van der Waals surface area (Å²) in [5.74, 6) is -0.928. The second kappa shape index (κ2) is 11.7. The van der Waals surface area contributed by atoms with E-state index in [1.54, 1.807) is 0 Å². The van der Waals surface area contributed by atoms with Gasteiger partial charge >= 0.3 is 276 Å². The van der Waals surface area contributed by atoms with E-state index < -0.39 is 21.3 Å². The summed E-state index contributed by atoms with van der Waals surface area (Å²) in [6.07, 6.45) is 4.98. The van der Waals surface area contributed by atoms with Crippen LogP contribution in [0.1, 0.15) is 68.4 Å². The van der Waals surface area contributed by atoms with E-state index in [4.69, 9.17) is 17.2 Å². The van der Waals surface area contributed by atoms with Crippen molar-refractivity contribution in [3.05, 3.63) is 129 Å². The van der Waals surface area contributed by atoms with Crippen LogP contribution in [0.25, 0.3) is 34.4 Å². The number of rotatable bonds is 7. The molecule has 0 spiro atoms. The van der Waals surface area contributed by atoms with Gasteiger partial charge in [-0.2, -0.15) is 0 Å². The van der Waals surface area contributed by atoms with Crippen molar-refractivity contribution in [3.8, 4) is 22.3 Å². The Hall–Kier alpha value is -1.97. The van der Waals surface area contributed by atoms with Gasteiger partial charge in [0, 0.05) is 0 Å². The van der Waals surface area contributed by atoms with Gasteiger partial charge in [0.15, 0.2) is 0 Å². The van der Waals surface area contributed by atoms with Crippen LogP contribution in [-0.4, -0.2) is 5.98 Å². The number of allylic oxidation sites excluding steroid dienone is 2. The van der Waals surface area contributed by atoms with Crippen molar-refractivity contribution in [3.63, 3.8) is 0 Å². The minimum atomic E-state index is -5.01. The molecule has 4 aromatic carbocycles. The molecule has 6 rings (SSSR count). The molecule has 2 atom stereocenters. The van der Waals surface area contributed by atoms with Crippen LogP contribution in [0.3, 0.4) is 0 Å². The van der Waals surface area contributed by atoms with E-state index in [1.165, 1.54) is 66.8 Å². The zero-order chi connectivity index (χ0) is 31.6. The van der Waals surface area contributed by atoms with Crippen molar-refractivity contribution in [2.75, 3.05) is 0 Å². The molecule has 2 unspecified atom stereocenters. The van der Waals surface area contributed by atoms with E-state index in [1.807, 2.05) is 0 Å². The summed E-state index contributed by atoms with van der Waals surface area (Å²) in [5, 5.41) is 0. The molecule has 0 radical (unpaired) electrons. The molecule has 0 heterocycles. The van der Waals surface area contributed by atoms with Crippen LogP contribution in [-0.2, 0) is 15.3 Å². The molecule has 0 saturated heterocycles. The molecule has 2 aliphatic rings. The zero-order valence-electron chi connectivity index (χ0n) is 27.4. The average Bonchev–Trinajstić information content (AvgIpc) is 3.59. The number of benzene rings is 4. The first-order chi connectivity index (χ1) is 20.9. The maximum absolute atomic E-state index is 8.70. The van der Waals surface area contributed by atoms with E-state index >= 15 is 0 Å². The monoisotopic (exact) mass is 803 g/mol. The SMILES string of the molecule is Cc1ccccc1-c1cccc2c1C=C(C(C)C)[CH]2[Hf]([Cl])([Cl])([CH]1C(C(C)C)=Cc2c(-c3ccccc3C)cccc21)[SiH](C)C. The van der Waals surface area contributed by atoms with Gasteiger partial charge in [0.1, 0.15) is 0 Å². The Balaban J connectivity index is 1.64. The Kier molecular flexibility index (Phi) is 8.49. The van der Waals surface area contributed by atoms with Crippen LogP contribution >= 0.6 is 17.2 Å². The van der Waals surface area contributed by atoms with Gasteiger partial charge in [-0.05, 0) is 0 Å². The third-order valence-corrected chi connectivity index (χ3v) is 83.2. The van der Waals surface area contributed by atoms with Crippen LogP contribution in [0, 0.1) is 25.7 Å². The van der Waals surface area contributed by atoms with Gasteiger partial charge in [-0.3, -0.25) is 0 Å². The van der Waals surface area contributed by atoms with Crippen molar-refractivity contribution in [1.82, 2.24) is 0 Å². The predicted molar refractivity (Wildman–Crippen MR) is 195 cm³/mol. The Labute approximate surface area is 274 Å². The molecule has 2 aliphatic carbocycles. The molecular formula is C40H45Cl2HfSi. The molecule has 0 bridgehead atoms. The van der Waals surface area contributed by atoms with E-state index in [-0.39, 0.29) is 7.35 Å². The summed E-state index contributed by atoms with van der Waals surface area (Å²) in [5.41, 5.74) is 16.0. The fraction of sp³-hybridized carbons (Fsp3) is 0.300. The topological polar surface area (TPSA) is 0 Å². The fourth-order valence-corrected chi connectivity index (χ4v) is 52.7. The fourth-order valence-electron chi connectivity index (χ4n) is 8.14. The number of aryl methyl sites for hydroxylation is 2. The van der Waals surface area contributed by atoms with Gasteiger partial charge < -0.3 is 0 Å². The number of hydrogen-bond acceptors (Lipinski definition) is 0. The summed E-state index contributed by atoms with van der Waals surface area (Å²) >= 11 is -5.01. The van der Waals surface area contributed by atoms with Gasteiger partial charge in [0.05, 0.1) is 0 Å². The molecule has 4 aromatic rings. The third kappa shape index (κ3) is 4.86. The second-order valence-electron chi connectivity index (χ2n) is 14.1. The Morgan fingerprint density at radius 3 is 1.25 bits per heavy atom. The molecule has 0 amide bonds. The summed E-state index contributed by atoms with van der Waals surface area (Å²) in [4.78, 5) is 0. The molecule has 0 aromatic heterocycles.